The maximum atomic E-state index is 12.6. The molecule has 9 heteroatoms. The number of carbonyl (C=O) groups excluding carboxylic acids is 2. The number of thioether (sulfide) groups is 1. The Bertz CT molecular complexity index is 1110. The maximum absolute atomic E-state index is 12.6. The second-order valence-electron chi connectivity index (χ2n) is 5.59. The van der Waals surface area contributed by atoms with Crippen molar-refractivity contribution < 1.29 is 18.0 Å². The van der Waals surface area contributed by atoms with Crippen LogP contribution in [0.4, 0.5) is 5.69 Å². The molecule has 1 heterocycles. The van der Waals surface area contributed by atoms with Crippen molar-refractivity contribution >= 4 is 49.4 Å². The third-order valence-corrected chi connectivity index (χ3v) is 5.82. The van der Waals surface area contributed by atoms with Crippen LogP contribution in [-0.4, -0.2) is 35.0 Å². The molecule has 2 aromatic carbocycles. The van der Waals surface area contributed by atoms with Gasteiger partial charge in [0.25, 0.3) is 10.0 Å². The Kier molecular flexibility index (Phi) is 5.52. The van der Waals surface area contributed by atoms with Crippen LogP contribution in [0.25, 0.3) is 11.0 Å². The van der Waals surface area contributed by atoms with Crippen molar-refractivity contribution in [3.8, 4) is 0 Å². The van der Waals surface area contributed by atoms with E-state index < -0.39 is 10.0 Å². The van der Waals surface area contributed by atoms with Crippen LogP contribution >= 0.6 is 11.8 Å². The van der Waals surface area contributed by atoms with Crippen LogP contribution in [0, 0.1) is 0 Å². The molecule has 1 aromatic heterocycles. The summed E-state index contributed by atoms with van der Waals surface area (Å²) < 4.78 is 27.6. The molecular formula is C18H15N3O4S2. The van der Waals surface area contributed by atoms with Gasteiger partial charge < -0.3 is 0 Å². The van der Waals surface area contributed by atoms with Crippen LogP contribution < -0.4 is 4.72 Å². The Morgan fingerprint density at radius 3 is 2.33 bits per heavy atom. The first kappa shape index (κ1) is 19.0. The highest BCUT2D eigenvalue weighted by Crippen LogP contribution is 2.20. The standard InChI is InChI=1S/C18H15N3O4S2/c1-12(22)26-11-18(23)13-2-5-15(6-3-13)27(24,25)21-14-4-7-16-17(10-14)20-9-8-19-16/h2-10,21H,11H2,1H3. The highest BCUT2D eigenvalue weighted by atomic mass is 32.2. The van der Waals surface area contributed by atoms with Gasteiger partial charge in [0, 0.05) is 24.9 Å². The number of carbonyl (C=O) groups is 2. The Labute approximate surface area is 160 Å². The van der Waals surface area contributed by atoms with Crippen molar-refractivity contribution in [2.45, 2.75) is 11.8 Å². The Balaban J connectivity index is 1.77. The van der Waals surface area contributed by atoms with Gasteiger partial charge in [-0.25, -0.2) is 8.42 Å². The van der Waals surface area contributed by atoms with E-state index in [4.69, 9.17) is 0 Å². The first-order chi connectivity index (χ1) is 12.8. The molecule has 0 unspecified atom stereocenters. The quantitative estimate of drug-likeness (QED) is 0.633. The van der Waals surface area contributed by atoms with Gasteiger partial charge >= 0.3 is 0 Å². The lowest BCUT2D eigenvalue weighted by Gasteiger charge is -2.09. The summed E-state index contributed by atoms with van der Waals surface area (Å²) in [5.74, 6) is -0.210. The fourth-order valence-corrected chi connectivity index (χ4v) is 3.86. The zero-order valence-corrected chi connectivity index (χ0v) is 15.9. The zero-order chi connectivity index (χ0) is 19.4. The molecule has 0 aliphatic heterocycles. The average Bonchev–Trinajstić information content (AvgIpc) is 2.65. The molecule has 0 bridgehead atoms. The molecule has 7 nitrogen and oxygen atoms in total. The van der Waals surface area contributed by atoms with Crippen molar-refractivity contribution in [1.82, 2.24) is 9.97 Å². The van der Waals surface area contributed by atoms with E-state index in [-0.39, 0.29) is 21.5 Å². The number of hydrogen-bond acceptors (Lipinski definition) is 7. The molecule has 0 spiro atoms. The molecule has 0 amide bonds. The molecule has 3 rings (SSSR count). The first-order valence-corrected chi connectivity index (χ1v) is 10.3. The number of aromatic nitrogens is 2. The lowest BCUT2D eigenvalue weighted by molar-refractivity contribution is -0.109. The summed E-state index contributed by atoms with van der Waals surface area (Å²) in [5.41, 5.74) is 1.94. The van der Waals surface area contributed by atoms with Crippen LogP contribution in [0.1, 0.15) is 17.3 Å². The number of anilines is 1. The van der Waals surface area contributed by atoms with Gasteiger partial charge in [0.1, 0.15) is 0 Å². The van der Waals surface area contributed by atoms with E-state index in [1.165, 1.54) is 37.4 Å². The zero-order valence-electron chi connectivity index (χ0n) is 14.2. The highest BCUT2D eigenvalue weighted by Gasteiger charge is 2.16. The Morgan fingerprint density at radius 1 is 1.00 bits per heavy atom. The van der Waals surface area contributed by atoms with Crippen molar-refractivity contribution in [1.29, 1.82) is 0 Å². The normalized spacial score (nSPS) is 11.3. The predicted octanol–water partition coefficient (Wildman–Crippen LogP) is 2.89. The minimum absolute atomic E-state index is 0.0255. The Hall–Kier alpha value is -2.78. The number of benzene rings is 2. The van der Waals surface area contributed by atoms with E-state index in [0.717, 1.165) is 11.8 Å². The summed E-state index contributed by atoms with van der Waals surface area (Å²) >= 11 is 0.917. The molecule has 0 radical (unpaired) electrons. The van der Waals surface area contributed by atoms with Crippen molar-refractivity contribution in [2.75, 3.05) is 10.5 Å². The number of Topliss-reactive ketones (excluding diaryl/α,β-unsaturated/α-hetero) is 1. The topological polar surface area (TPSA) is 106 Å². The molecule has 1 N–H and O–H groups in total. The van der Waals surface area contributed by atoms with Gasteiger partial charge in [-0.1, -0.05) is 23.9 Å². The van der Waals surface area contributed by atoms with Crippen LogP contribution in [0.5, 0.6) is 0 Å². The average molecular weight is 401 g/mol. The SMILES string of the molecule is CC(=O)SCC(=O)c1ccc(S(=O)(=O)Nc2ccc3nccnc3c2)cc1. The van der Waals surface area contributed by atoms with E-state index in [1.807, 2.05) is 0 Å². The summed E-state index contributed by atoms with van der Waals surface area (Å²) in [5, 5.41) is -0.146. The van der Waals surface area contributed by atoms with Crippen molar-refractivity contribution in [2.24, 2.45) is 0 Å². The fraction of sp³-hybridized carbons (Fsp3) is 0.111. The number of nitrogens with zero attached hydrogens (tertiary/aromatic N) is 2. The largest absolute Gasteiger partial charge is 0.293 e. The van der Waals surface area contributed by atoms with Crippen molar-refractivity contribution in [3.63, 3.8) is 0 Å². The summed E-state index contributed by atoms with van der Waals surface area (Å²) in [6.45, 7) is 1.39. The van der Waals surface area contributed by atoms with Crippen LogP contribution in [0.3, 0.4) is 0 Å². The maximum Gasteiger partial charge on any atom is 0.261 e. The van der Waals surface area contributed by atoms with Gasteiger partial charge in [0.05, 0.1) is 27.4 Å². The molecule has 0 aliphatic carbocycles. The van der Waals surface area contributed by atoms with Crippen molar-refractivity contribution in [3.05, 3.63) is 60.4 Å². The highest BCUT2D eigenvalue weighted by molar-refractivity contribution is 8.14. The predicted molar refractivity (Wildman–Crippen MR) is 104 cm³/mol. The number of nitrogens with one attached hydrogen (secondary N) is 1. The van der Waals surface area contributed by atoms with E-state index in [1.54, 1.807) is 24.4 Å². The van der Waals surface area contributed by atoms with Gasteiger partial charge in [-0.15, -0.1) is 0 Å². The first-order valence-electron chi connectivity index (χ1n) is 7.85. The van der Waals surface area contributed by atoms with Crippen LogP contribution in [0.15, 0.2) is 59.8 Å². The van der Waals surface area contributed by atoms with Crippen LogP contribution in [-0.2, 0) is 14.8 Å². The number of rotatable bonds is 6. The number of fused-ring (bicyclic) bond motifs is 1. The summed E-state index contributed by atoms with van der Waals surface area (Å²) in [7, 11) is -3.82. The van der Waals surface area contributed by atoms with E-state index >= 15 is 0 Å². The Morgan fingerprint density at radius 2 is 1.67 bits per heavy atom. The number of sulfonamides is 1. The fourth-order valence-electron chi connectivity index (χ4n) is 2.31. The third kappa shape index (κ3) is 4.69. The summed E-state index contributed by atoms with van der Waals surface area (Å²) in [4.78, 5) is 31.2. The van der Waals surface area contributed by atoms with Gasteiger partial charge in [-0.3, -0.25) is 24.3 Å². The smallest absolute Gasteiger partial charge is 0.261 e. The minimum atomic E-state index is -3.82. The van der Waals surface area contributed by atoms with Crippen LogP contribution in [0.2, 0.25) is 0 Å². The van der Waals surface area contributed by atoms with Gasteiger partial charge in [-0.05, 0) is 30.3 Å². The van der Waals surface area contributed by atoms with Gasteiger partial charge in [-0.2, -0.15) is 0 Å². The number of hydrogen-bond donors (Lipinski definition) is 1. The molecule has 3 aromatic rings. The van der Waals surface area contributed by atoms with E-state index in [9.17, 15) is 18.0 Å². The minimum Gasteiger partial charge on any atom is -0.293 e. The molecular weight excluding hydrogens is 386 g/mol. The lowest BCUT2D eigenvalue weighted by atomic mass is 10.1. The monoisotopic (exact) mass is 401 g/mol. The molecule has 27 heavy (non-hydrogen) atoms. The molecule has 0 saturated carbocycles. The molecule has 0 saturated heterocycles. The molecule has 138 valence electrons. The molecule has 0 fully saturated rings. The second-order valence-corrected chi connectivity index (χ2v) is 8.43. The van der Waals surface area contributed by atoms with E-state index in [2.05, 4.69) is 14.7 Å². The van der Waals surface area contributed by atoms with Gasteiger partial charge in [0.2, 0.25) is 0 Å². The number of ketones is 1. The molecule has 0 atom stereocenters. The lowest BCUT2D eigenvalue weighted by Crippen LogP contribution is -2.13. The van der Waals surface area contributed by atoms with Gasteiger partial charge in [0.15, 0.2) is 10.9 Å². The van der Waals surface area contributed by atoms with E-state index in [0.29, 0.717) is 22.3 Å². The summed E-state index contributed by atoms with van der Waals surface area (Å²) in [6.07, 6.45) is 3.09. The molecule has 0 aliphatic rings. The summed E-state index contributed by atoms with van der Waals surface area (Å²) in [6, 6.07) is 10.5. The second kappa shape index (κ2) is 7.85. The third-order valence-electron chi connectivity index (χ3n) is 3.61.